The number of thiophene rings is 2. The molecule has 16 heteroatoms. The fraction of sp³-hybridized carbons (Fsp3) is 0.478. The summed E-state index contributed by atoms with van der Waals surface area (Å²) in [5.41, 5.74) is 2.05. The zero-order valence-electron chi connectivity index (χ0n) is 20.9. The fourth-order valence-corrected chi connectivity index (χ4v) is 7.37. The first-order valence-electron chi connectivity index (χ1n) is 11.2. The fourth-order valence-electron chi connectivity index (χ4n) is 3.48. The van der Waals surface area contributed by atoms with Gasteiger partial charge in [0.05, 0.1) is 29.8 Å². The normalized spacial score (nSPS) is 13.0. The van der Waals surface area contributed by atoms with E-state index in [1.807, 2.05) is 13.8 Å². The first-order valence-corrected chi connectivity index (χ1v) is 15.0. The van der Waals surface area contributed by atoms with Crippen molar-refractivity contribution in [2.45, 2.75) is 34.1 Å². The summed E-state index contributed by atoms with van der Waals surface area (Å²) in [6.07, 6.45) is 1.35. The van der Waals surface area contributed by atoms with Crippen LogP contribution in [0, 0.1) is 0 Å². The van der Waals surface area contributed by atoms with Crippen LogP contribution >= 0.6 is 67.3 Å². The van der Waals surface area contributed by atoms with Gasteiger partial charge in [-0.2, -0.15) is 11.3 Å². The van der Waals surface area contributed by atoms with E-state index in [-0.39, 0.29) is 37.2 Å². The van der Waals surface area contributed by atoms with Gasteiger partial charge >= 0.3 is 24.8 Å². The number of carbonyl (C=O) groups excluding carboxylic acids is 4. The molecule has 4 heterocycles. The molecule has 2 aromatic heterocycles. The maximum absolute atomic E-state index is 12.1. The van der Waals surface area contributed by atoms with Crippen LogP contribution < -0.4 is 6.15 Å². The summed E-state index contributed by atoms with van der Waals surface area (Å²) in [6, 6.07) is 0. The van der Waals surface area contributed by atoms with Gasteiger partial charge in [0.2, 0.25) is 0 Å². The van der Waals surface area contributed by atoms with E-state index in [0.29, 0.717) is 82.2 Å². The molecule has 39 heavy (non-hydrogen) atoms. The Bertz CT molecular complexity index is 1080. The monoisotopic (exact) mass is 725 g/mol. The number of ether oxygens (including phenoxy) is 2. The van der Waals surface area contributed by atoms with Gasteiger partial charge in [0.15, 0.2) is 0 Å². The summed E-state index contributed by atoms with van der Waals surface area (Å²) in [5, 5.41) is 3.47. The summed E-state index contributed by atoms with van der Waals surface area (Å²) in [6.45, 7) is 7.12. The van der Waals surface area contributed by atoms with Crippen molar-refractivity contribution in [3.8, 4) is 0 Å². The summed E-state index contributed by atoms with van der Waals surface area (Å²) < 4.78 is 14.5. The van der Waals surface area contributed by atoms with E-state index in [1.165, 1.54) is 32.5 Å². The number of thiol groups is 1. The molecule has 2 aromatic rings. The number of nitrogens with zero attached hydrogens (tertiary/aromatic N) is 3. The van der Waals surface area contributed by atoms with Gasteiger partial charge in [-0.05, 0) is 58.5 Å². The summed E-state index contributed by atoms with van der Waals surface area (Å²) in [5.74, 6) is -0.781. The van der Waals surface area contributed by atoms with Crippen LogP contribution in [0.25, 0.3) is 0 Å². The number of amides is 4. The number of halogens is 2. The number of fused-ring (bicyclic) bond motifs is 2. The van der Waals surface area contributed by atoms with Crippen LogP contribution in [-0.2, 0) is 9.47 Å². The Hall–Kier alpha value is -1.27. The molecule has 0 aliphatic carbocycles. The summed E-state index contributed by atoms with van der Waals surface area (Å²) in [7, 11) is 4.34. The molecule has 1 radical (unpaired) electrons. The predicted octanol–water partition coefficient (Wildman–Crippen LogP) is 6.05. The Kier molecular flexibility index (Phi) is 18.3. The number of hydrogen-bond donors (Lipinski definition) is 2. The van der Waals surface area contributed by atoms with Gasteiger partial charge in [0, 0.05) is 50.3 Å². The van der Waals surface area contributed by atoms with Crippen molar-refractivity contribution in [2.24, 2.45) is 4.30 Å². The molecule has 0 saturated heterocycles. The third-order valence-corrected chi connectivity index (χ3v) is 8.38. The van der Waals surface area contributed by atoms with Crippen molar-refractivity contribution in [3.05, 3.63) is 40.6 Å². The van der Waals surface area contributed by atoms with Crippen molar-refractivity contribution in [2.75, 3.05) is 39.5 Å². The zero-order chi connectivity index (χ0) is 27.5. The number of imide groups is 2. The van der Waals surface area contributed by atoms with Crippen LogP contribution in [0.5, 0.6) is 0 Å². The van der Waals surface area contributed by atoms with Gasteiger partial charge in [-0.15, -0.1) is 11.3 Å². The first kappa shape index (κ1) is 37.7. The number of carbonyl (C=O) groups is 4. The summed E-state index contributed by atoms with van der Waals surface area (Å²) in [4.78, 5) is 50.4. The molecule has 0 aromatic carbocycles. The van der Waals surface area contributed by atoms with Gasteiger partial charge in [-0.25, -0.2) is 0 Å². The Labute approximate surface area is 260 Å². The molecule has 2 aliphatic rings. The van der Waals surface area contributed by atoms with Crippen LogP contribution in [0.4, 0.5) is 0 Å². The van der Waals surface area contributed by atoms with Crippen LogP contribution in [0.1, 0.15) is 75.5 Å². The van der Waals surface area contributed by atoms with Crippen LogP contribution in [0.15, 0.2) is 22.6 Å². The minimum absolute atomic E-state index is 0. The molecule has 0 atom stereocenters. The average Bonchev–Trinajstić information content (AvgIpc) is 3.58. The van der Waals surface area contributed by atoms with E-state index in [2.05, 4.69) is 56.6 Å². The van der Waals surface area contributed by atoms with E-state index in [1.54, 1.807) is 10.8 Å². The molecule has 4 amide bonds. The topological polar surface area (TPSA) is 141 Å². The molecule has 0 spiro atoms. The van der Waals surface area contributed by atoms with Crippen LogP contribution in [0.3, 0.4) is 0 Å². The van der Waals surface area contributed by atoms with Crippen molar-refractivity contribution < 1.29 is 28.7 Å². The van der Waals surface area contributed by atoms with Gasteiger partial charge in [0.1, 0.15) is 0 Å². The molecule has 0 saturated carbocycles. The third-order valence-electron chi connectivity index (χ3n) is 5.10. The van der Waals surface area contributed by atoms with E-state index in [0.717, 1.165) is 0 Å². The Balaban J connectivity index is 0.000000646. The van der Waals surface area contributed by atoms with Crippen LogP contribution in [-0.4, -0.2) is 80.6 Å². The SMILES string of the molecule is C.CCOCCCN1C(=O)c2c(Br)sc(Br)c2C1=O.CCOCCCN1C(=O)c2cscc2C1=O.N.[B]=NS. The van der Waals surface area contributed by atoms with Crippen molar-refractivity contribution >= 4 is 98.6 Å². The van der Waals surface area contributed by atoms with Gasteiger partial charge in [-0.1, -0.05) is 7.43 Å². The molecule has 215 valence electrons. The first-order chi connectivity index (χ1) is 17.7. The third kappa shape index (κ3) is 9.38. The van der Waals surface area contributed by atoms with E-state index >= 15 is 0 Å². The number of hydrogen-bond acceptors (Lipinski definition) is 11. The van der Waals surface area contributed by atoms with Crippen molar-refractivity contribution in [3.63, 3.8) is 0 Å². The molecule has 0 fully saturated rings. The van der Waals surface area contributed by atoms with E-state index < -0.39 is 0 Å². The molecule has 2 aliphatic heterocycles. The van der Waals surface area contributed by atoms with Gasteiger partial charge < -0.3 is 15.6 Å². The molecule has 4 rings (SSSR count). The molecule has 3 N–H and O–H groups in total. The zero-order valence-corrected chi connectivity index (χ0v) is 26.6. The Morgan fingerprint density at radius 3 is 1.56 bits per heavy atom. The van der Waals surface area contributed by atoms with Gasteiger partial charge in [0.25, 0.3) is 23.6 Å². The van der Waals surface area contributed by atoms with Gasteiger partial charge in [-0.3, -0.25) is 29.0 Å². The van der Waals surface area contributed by atoms with E-state index in [4.69, 9.17) is 9.47 Å². The molecular weight excluding hydrogens is 695 g/mol. The predicted molar refractivity (Wildman–Crippen MR) is 166 cm³/mol. The molecule has 0 bridgehead atoms. The maximum atomic E-state index is 12.1. The second-order valence-electron chi connectivity index (χ2n) is 7.34. The van der Waals surface area contributed by atoms with Crippen LogP contribution in [0.2, 0.25) is 0 Å². The quantitative estimate of drug-likeness (QED) is 0.132. The second kappa shape index (κ2) is 19.0. The molecule has 0 unspecified atom stereocenters. The van der Waals surface area contributed by atoms with Crippen molar-refractivity contribution in [1.82, 2.24) is 16.0 Å². The average molecular weight is 727 g/mol. The Morgan fingerprint density at radius 1 is 0.846 bits per heavy atom. The minimum atomic E-state index is -0.222. The number of rotatable bonds is 10. The van der Waals surface area contributed by atoms with E-state index in [9.17, 15) is 19.2 Å². The molecule has 10 nitrogen and oxygen atoms in total. The standard InChI is InChI=1S/C11H11Br2NO3S.C11H13NO3S.CH4.BHNS.H3N/c1-2-17-5-3-4-14-10(15)6-7(11(14)16)9(13)18-8(6)12;1-2-15-5-3-4-12-10(13)8-6-16-7-9(8)11(12)14;;1-2-3;/h2-5H2,1H3;6-7H,2-5H2,1H3;1H4;3H;1H3. The second-order valence-corrected chi connectivity index (χ2v) is 12.0. The summed E-state index contributed by atoms with van der Waals surface area (Å²) >= 11 is 12.6. The van der Waals surface area contributed by atoms with Crippen molar-refractivity contribution in [1.29, 1.82) is 0 Å². The molecular formula is C23H32BBr2N4O6S3. The Morgan fingerprint density at radius 2 is 1.21 bits per heavy atom.